The Morgan fingerprint density at radius 3 is 2.36 bits per heavy atom. The van der Waals surface area contributed by atoms with E-state index in [9.17, 15) is 0 Å². The molecule has 0 amide bonds. The molecule has 0 heterocycles. The summed E-state index contributed by atoms with van der Waals surface area (Å²) in [6, 6.07) is 16.4. The predicted molar refractivity (Wildman–Crippen MR) is 106 cm³/mol. The van der Waals surface area contributed by atoms with Gasteiger partial charge in [-0.3, -0.25) is 0 Å². The number of hydrogen-bond donors (Lipinski definition) is 1. The first-order chi connectivity index (χ1) is 12.3. The van der Waals surface area contributed by atoms with Crippen molar-refractivity contribution in [2.45, 2.75) is 52.5 Å². The molecule has 0 aliphatic heterocycles. The molecule has 0 aliphatic carbocycles. The summed E-state index contributed by atoms with van der Waals surface area (Å²) in [7, 11) is 0. The largest absolute Gasteiger partial charge is 0.494 e. The Kier molecular flexibility index (Phi) is 8.74. The summed E-state index contributed by atoms with van der Waals surface area (Å²) in [5, 5.41) is 3.44. The lowest BCUT2D eigenvalue weighted by Gasteiger charge is -2.10. The SMILES string of the molecule is CCCCCCCOc1ccc(NCc2cccc(OCC)c2)cc1. The van der Waals surface area contributed by atoms with Gasteiger partial charge in [0.05, 0.1) is 13.2 Å². The van der Waals surface area contributed by atoms with Gasteiger partial charge in [-0.15, -0.1) is 0 Å². The van der Waals surface area contributed by atoms with Gasteiger partial charge in [-0.2, -0.15) is 0 Å². The first kappa shape index (κ1) is 19.2. The van der Waals surface area contributed by atoms with Crippen LogP contribution in [0, 0.1) is 0 Å². The minimum atomic E-state index is 0.691. The van der Waals surface area contributed by atoms with Crippen LogP contribution in [0.2, 0.25) is 0 Å². The van der Waals surface area contributed by atoms with E-state index in [4.69, 9.17) is 9.47 Å². The fraction of sp³-hybridized carbons (Fsp3) is 0.455. The molecule has 2 rings (SSSR count). The van der Waals surface area contributed by atoms with Crippen LogP contribution in [0.5, 0.6) is 11.5 Å². The van der Waals surface area contributed by atoms with Crippen molar-refractivity contribution < 1.29 is 9.47 Å². The van der Waals surface area contributed by atoms with Crippen LogP contribution in [-0.4, -0.2) is 13.2 Å². The standard InChI is InChI=1S/C22H31NO2/c1-3-5-6-7-8-16-25-21-14-12-20(13-15-21)23-18-19-10-9-11-22(17-19)24-4-2/h9-15,17,23H,3-8,16,18H2,1-2H3. The van der Waals surface area contributed by atoms with E-state index in [-0.39, 0.29) is 0 Å². The molecule has 3 nitrogen and oxygen atoms in total. The van der Waals surface area contributed by atoms with Crippen LogP contribution < -0.4 is 14.8 Å². The maximum absolute atomic E-state index is 5.80. The summed E-state index contributed by atoms with van der Waals surface area (Å²) in [5.74, 6) is 1.86. The third-order valence-electron chi connectivity index (χ3n) is 4.08. The smallest absolute Gasteiger partial charge is 0.119 e. The Balaban J connectivity index is 1.72. The molecule has 136 valence electrons. The van der Waals surface area contributed by atoms with Gasteiger partial charge in [0.15, 0.2) is 0 Å². The topological polar surface area (TPSA) is 30.5 Å². The molecule has 2 aromatic carbocycles. The van der Waals surface area contributed by atoms with Crippen molar-refractivity contribution in [1.29, 1.82) is 0 Å². The normalized spacial score (nSPS) is 10.5. The van der Waals surface area contributed by atoms with Crippen LogP contribution in [0.4, 0.5) is 5.69 Å². The highest BCUT2D eigenvalue weighted by molar-refractivity contribution is 5.47. The second-order valence-corrected chi connectivity index (χ2v) is 6.22. The van der Waals surface area contributed by atoms with Crippen LogP contribution >= 0.6 is 0 Å². The molecular weight excluding hydrogens is 310 g/mol. The summed E-state index contributed by atoms with van der Waals surface area (Å²) in [6.45, 7) is 6.51. The van der Waals surface area contributed by atoms with Gasteiger partial charge in [-0.25, -0.2) is 0 Å². The Bertz CT molecular complexity index is 595. The van der Waals surface area contributed by atoms with E-state index in [1.807, 2.05) is 31.2 Å². The molecule has 0 saturated heterocycles. The van der Waals surface area contributed by atoms with E-state index in [1.165, 1.54) is 31.2 Å². The van der Waals surface area contributed by atoms with Gasteiger partial charge >= 0.3 is 0 Å². The summed E-state index contributed by atoms with van der Waals surface area (Å²) in [5.41, 5.74) is 2.30. The number of nitrogens with one attached hydrogen (secondary N) is 1. The van der Waals surface area contributed by atoms with E-state index < -0.39 is 0 Å². The fourth-order valence-electron chi connectivity index (χ4n) is 2.68. The summed E-state index contributed by atoms with van der Waals surface area (Å²) in [6.07, 6.45) is 6.32. The highest BCUT2D eigenvalue weighted by Gasteiger charge is 1.99. The van der Waals surface area contributed by atoms with Gasteiger partial charge < -0.3 is 14.8 Å². The van der Waals surface area contributed by atoms with Crippen LogP contribution in [-0.2, 0) is 6.54 Å². The van der Waals surface area contributed by atoms with E-state index in [1.54, 1.807) is 0 Å². The van der Waals surface area contributed by atoms with E-state index in [0.717, 1.165) is 36.8 Å². The molecule has 3 heteroatoms. The lowest BCUT2D eigenvalue weighted by Crippen LogP contribution is -2.01. The molecule has 0 radical (unpaired) electrons. The van der Waals surface area contributed by atoms with Crippen molar-refractivity contribution in [2.75, 3.05) is 18.5 Å². The van der Waals surface area contributed by atoms with E-state index in [2.05, 4.69) is 36.5 Å². The molecule has 0 saturated carbocycles. The Morgan fingerprint density at radius 1 is 0.800 bits per heavy atom. The number of hydrogen-bond acceptors (Lipinski definition) is 3. The van der Waals surface area contributed by atoms with Gasteiger partial charge in [0.25, 0.3) is 0 Å². The van der Waals surface area contributed by atoms with Gasteiger partial charge in [0, 0.05) is 12.2 Å². The highest BCUT2D eigenvalue weighted by atomic mass is 16.5. The molecule has 0 spiro atoms. The molecule has 0 aromatic heterocycles. The van der Waals surface area contributed by atoms with E-state index in [0.29, 0.717) is 6.61 Å². The maximum atomic E-state index is 5.80. The van der Waals surface area contributed by atoms with Crippen LogP contribution in [0.15, 0.2) is 48.5 Å². The van der Waals surface area contributed by atoms with Crippen LogP contribution in [0.1, 0.15) is 51.5 Å². The minimum Gasteiger partial charge on any atom is -0.494 e. The quantitative estimate of drug-likeness (QED) is 0.477. The van der Waals surface area contributed by atoms with Crippen LogP contribution in [0.25, 0.3) is 0 Å². The number of unbranched alkanes of at least 4 members (excludes halogenated alkanes) is 4. The maximum Gasteiger partial charge on any atom is 0.119 e. The Hall–Kier alpha value is -2.16. The molecular formula is C22H31NO2. The summed E-state index contributed by atoms with van der Waals surface area (Å²) < 4.78 is 11.3. The van der Waals surface area contributed by atoms with Gasteiger partial charge in [-0.1, -0.05) is 44.7 Å². The first-order valence-corrected chi connectivity index (χ1v) is 9.50. The van der Waals surface area contributed by atoms with Crippen molar-refractivity contribution in [3.8, 4) is 11.5 Å². The lowest BCUT2D eigenvalue weighted by molar-refractivity contribution is 0.304. The monoisotopic (exact) mass is 341 g/mol. The van der Waals surface area contributed by atoms with Crippen molar-refractivity contribution in [3.05, 3.63) is 54.1 Å². The Labute approximate surface area is 152 Å². The number of benzene rings is 2. The first-order valence-electron chi connectivity index (χ1n) is 9.50. The molecule has 1 N–H and O–H groups in total. The summed E-state index contributed by atoms with van der Waals surface area (Å²) >= 11 is 0. The molecule has 0 atom stereocenters. The fourth-order valence-corrected chi connectivity index (χ4v) is 2.68. The van der Waals surface area contributed by atoms with Gasteiger partial charge in [-0.05, 0) is 55.3 Å². The number of rotatable bonds is 12. The predicted octanol–water partition coefficient (Wildman–Crippen LogP) is 6.05. The third-order valence-corrected chi connectivity index (χ3v) is 4.08. The van der Waals surface area contributed by atoms with Crippen molar-refractivity contribution in [3.63, 3.8) is 0 Å². The average molecular weight is 341 g/mol. The van der Waals surface area contributed by atoms with Crippen LogP contribution in [0.3, 0.4) is 0 Å². The Morgan fingerprint density at radius 2 is 1.60 bits per heavy atom. The zero-order valence-electron chi connectivity index (χ0n) is 15.6. The zero-order valence-corrected chi connectivity index (χ0v) is 15.6. The van der Waals surface area contributed by atoms with Crippen molar-refractivity contribution in [2.24, 2.45) is 0 Å². The molecule has 0 unspecified atom stereocenters. The number of ether oxygens (including phenoxy) is 2. The van der Waals surface area contributed by atoms with Gasteiger partial charge in [0.1, 0.15) is 11.5 Å². The highest BCUT2D eigenvalue weighted by Crippen LogP contribution is 2.18. The second-order valence-electron chi connectivity index (χ2n) is 6.22. The zero-order chi connectivity index (χ0) is 17.7. The van der Waals surface area contributed by atoms with E-state index >= 15 is 0 Å². The summed E-state index contributed by atoms with van der Waals surface area (Å²) in [4.78, 5) is 0. The minimum absolute atomic E-state index is 0.691. The number of anilines is 1. The van der Waals surface area contributed by atoms with Crippen molar-refractivity contribution in [1.82, 2.24) is 0 Å². The molecule has 0 aliphatic rings. The molecule has 25 heavy (non-hydrogen) atoms. The van der Waals surface area contributed by atoms with Gasteiger partial charge in [0.2, 0.25) is 0 Å². The molecule has 0 fully saturated rings. The third kappa shape index (κ3) is 7.51. The molecule has 0 bridgehead atoms. The van der Waals surface area contributed by atoms with Crippen molar-refractivity contribution >= 4 is 5.69 Å². The second kappa shape index (κ2) is 11.4. The molecule has 2 aromatic rings. The lowest BCUT2D eigenvalue weighted by atomic mass is 10.2. The average Bonchev–Trinajstić information content (AvgIpc) is 2.64.